The van der Waals surface area contributed by atoms with E-state index in [1.54, 1.807) is 23.1 Å². The molecule has 0 atom stereocenters. The Morgan fingerprint density at radius 3 is 2.42 bits per heavy atom. The number of hydrogen-bond donors (Lipinski definition) is 1. The second kappa shape index (κ2) is 7.93. The van der Waals surface area contributed by atoms with Crippen molar-refractivity contribution in [3.63, 3.8) is 0 Å². The Morgan fingerprint density at radius 1 is 1.25 bits per heavy atom. The average Bonchev–Trinajstić information content (AvgIpc) is 2.50. The lowest BCUT2D eigenvalue weighted by molar-refractivity contribution is 0.200. The minimum Gasteiger partial charge on any atom is -0.324 e. The maximum absolute atomic E-state index is 12.3. The fraction of sp³-hybridized carbons (Fsp3) is 0.562. The molecule has 0 saturated carbocycles. The first kappa shape index (κ1) is 19.3. The van der Waals surface area contributed by atoms with Gasteiger partial charge in [0.05, 0.1) is 21.0 Å². The monoisotopic (exact) mass is 392 g/mol. The standard InChI is InChI=1S/C16H22Cl2N2O3S/c1-11(2)10-24(22,23)13-5-7-20(8-6-13)16(21)19-12-3-4-14(17)15(18)9-12/h3-4,9,11,13H,5-8,10H2,1-2H3,(H,19,21). The minimum atomic E-state index is -3.09. The van der Waals surface area contributed by atoms with Crippen LogP contribution >= 0.6 is 23.2 Å². The zero-order valence-corrected chi connectivity index (χ0v) is 16.1. The van der Waals surface area contributed by atoms with Gasteiger partial charge < -0.3 is 10.2 Å². The Morgan fingerprint density at radius 2 is 1.88 bits per heavy atom. The summed E-state index contributed by atoms with van der Waals surface area (Å²) < 4.78 is 24.6. The van der Waals surface area contributed by atoms with Gasteiger partial charge in [0.2, 0.25) is 0 Å². The van der Waals surface area contributed by atoms with Crippen molar-refractivity contribution in [2.75, 3.05) is 24.2 Å². The second-order valence-electron chi connectivity index (χ2n) is 6.47. The second-order valence-corrected chi connectivity index (χ2v) is 9.61. The summed E-state index contributed by atoms with van der Waals surface area (Å²) in [6.45, 7) is 4.65. The van der Waals surface area contributed by atoms with Crippen LogP contribution < -0.4 is 5.32 Å². The largest absolute Gasteiger partial charge is 0.324 e. The first-order chi connectivity index (χ1) is 11.2. The normalized spacial score (nSPS) is 16.5. The fourth-order valence-corrected chi connectivity index (χ4v) is 5.22. The van der Waals surface area contributed by atoms with E-state index in [9.17, 15) is 13.2 Å². The summed E-state index contributed by atoms with van der Waals surface area (Å²) in [6, 6.07) is 4.62. The molecule has 0 bridgehead atoms. The first-order valence-electron chi connectivity index (χ1n) is 7.91. The number of rotatable bonds is 4. The summed E-state index contributed by atoms with van der Waals surface area (Å²) in [6.07, 6.45) is 0.952. The molecule has 5 nitrogen and oxygen atoms in total. The zero-order chi connectivity index (χ0) is 17.9. The van der Waals surface area contributed by atoms with Gasteiger partial charge in [0, 0.05) is 18.8 Å². The summed E-state index contributed by atoms with van der Waals surface area (Å²) in [5.41, 5.74) is 0.559. The van der Waals surface area contributed by atoms with E-state index in [0.717, 1.165) is 0 Å². The highest BCUT2D eigenvalue weighted by molar-refractivity contribution is 7.92. The van der Waals surface area contributed by atoms with Crippen LogP contribution in [0.2, 0.25) is 10.0 Å². The molecule has 134 valence electrons. The van der Waals surface area contributed by atoms with Crippen molar-refractivity contribution < 1.29 is 13.2 Å². The van der Waals surface area contributed by atoms with Gasteiger partial charge in [-0.2, -0.15) is 0 Å². The number of carbonyl (C=O) groups excluding carboxylic acids is 1. The van der Waals surface area contributed by atoms with E-state index in [1.807, 2.05) is 13.8 Å². The Bertz CT molecular complexity index is 699. The smallest absolute Gasteiger partial charge is 0.321 e. The van der Waals surface area contributed by atoms with Crippen LogP contribution in [-0.4, -0.2) is 43.4 Å². The maximum Gasteiger partial charge on any atom is 0.321 e. The molecule has 0 aromatic heterocycles. The third-order valence-electron chi connectivity index (χ3n) is 3.97. The highest BCUT2D eigenvalue weighted by atomic mass is 35.5. The van der Waals surface area contributed by atoms with Crippen LogP contribution in [0.3, 0.4) is 0 Å². The fourth-order valence-electron chi connectivity index (χ4n) is 2.80. The molecule has 1 aliphatic heterocycles. The summed E-state index contributed by atoms with van der Waals surface area (Å²) in [7, 11) is -3.09. The number of piperidine rings is 1. The van der Waals surface area contributed by atoms with Gasteiger partial charge in [0.15, 0.2) is 9.84 Å². The van der Waals surface area contributed by atoms with Crippen molar-refractivity contribution >= 4 is 44.8 Å². The number of benzene rings is 1. The van der Waals surface area contributed by atoms with Gasteiger partial charge >= 0.3 is 6.03 Å². The van der Waals surface area contributed by atoms with Gasteiger partial charge in [-0.1, -0.05) is 37.0 Å². The molecule has 1 aromatic carbocycles. The predicted molar refractivity (Wildman–Crippen MR) is 98.7 cm³/mol. The van der Waals surface area contributed by atoms with Crippen molar-refractivity contribution in [2.24, 2.45) is 5.92 Å². The third-order valence-corrected chi connectivity index (χ3v) is 7.33. The number of halogens is 2. The van der Waals surface area contributed by atoms with Crippen molar-refractivity contribution in [1.82, 2.24) is 4.90 Å². The zero-order valence-electron chi connectivity index (χ0n) is 13.8. The lowest BCUT2D eigenvalue weighted by atomic mass is 10.1. The number of likely N-dealkylation sites (tertiary alicyclic amines) is 1. The molecule has 1 heterocycles. The van der Waals surface area contributed by atoms with Gasteiger partial charge in [-0.3, -0.25) is 0 Å². The van der Waals surface area contributed by atoms with Gasteiger partial charge in [0.1, 0.15) is 0 Å². The number of nitrogens with zero attached hydrogens (tertiary/aromatic N) is 1. The SMILES string of the molecule is CC(C)CS(=O)(=O)C1CCN(C(=O)Nc2ccc(Cl)c(Cl)c2)CC1. The van der Waals surface area contributed by atoms with E-state index in [2.05, 4.69) is 5.32 Å². The quantitative estimate of drug-likeness (QED) is 0.839. The van der Waals surface area contributed by atoms with E-state index in [4.69, 9.17) is 23.2 Å². The Hall–Kier alpha value is -0.980. The van der Waals surface area contributed by atoms with Crippen LogP contribution in [0.15, 0.2) is 18.2 Å². The van der Waals surface area contributed by atoms with Crippen molar-refractivity contribution in [1.29, 1.82) is 0 Å². The number of sulfone groups is 1. The predicted octanol–water partition coefficient (Wildman–Crippen LogP) is 4.06. The molecule has 2 amide bonds. The summed E-state index contributed by atoms with van der Waals surface area (Å²) in [5, 5.41) is 3.20. The molecule has 1 aromatic rings. The lowest BCUT2D eigenvalue weighted by Gasteiger charge is -2.32. The Kier molecular flexibility index (Phi) is 6.39. The van der Waals surface area contributed by atoms with Gasteiger partial charge in [0.25, 0.3) is 0 Å². The van der Waals surface area contributed by atoms with Gasteiger partial charge in [-0.15, -0.1) is 0 Å². The van der Waals surface area contributed by atoms with Crippen LogP contribution in [0.5, 0.6) is 0 Å². The van der Waals surface area contributed by atoms with Crippen LogP contribution in [-0.2, 0) is 9.84 Å². The first-order valence-corrected chi connectivity index (χ1v) is 10.4. The average molecular weight is 393 g/mol. The third kappa shape index (κ3) is 5.01. The topological polar surface area (TPSA) is 66.5 Å². The van der Waals surface area contributed by atoms with E-state index in [1.165, 1.54) is 0 Å². The highest BCUT2D eigenvalue weighted by Gasteiger charge is 2.31. The van der Waals surface area contributed by atoms with E-state index in [-0.39, 0.29) is 23.0 Å². The number of hydrogen-bond acceptors (Lipinski definition) is 3. The maximum atomic E-state index is 12.3. The molecule has 1 saturated heterocycles. The summed E-state index contributed by atoms with van der Waals surface area (Å²) in [4.78, 5) is 13.9. The molecule has 1 N–H and O–H groups in total. The summed E-state index contributed by atoms with van der Waals surface area (Å²) >= 11 is 11.8. The molecule has 2 rings (SSSR count). The number of urea groups is 1. The molecule has 0 radical (unpaired) electrons. The molecule has 8 heteroatoms. The lowest BCUT2D eigenvalue weighted by Crippen LogP contribution is -2.45. The molecule has 0 spiro atoms. The van der Waals surface area contributed by atoms with E-state index < -0.39 is 9.84 Å². The number of amides is 2. The van der Waals surface area contributed by atoms with Crippen LogP contribution in [0.25, 0.3) is 0 Å². The van der Waals surface area contributed by atoms with E-state index >= 15 is 0 Å². The molecule has 1 fully saturated rings. The summed E-state index contributed by atoms with van der Waals surface area (Å²) in [5.74, 6) is 0.318. The van der Waals surface area contributed by atoms with E-state index in [0.29, 0.717) is 41.7 Å². The molecule has 1 aliphatic rings. The molecular formula is C16H22Cl2N2O3S. The Labute approximate surface area is 153 Å². The Balaban J connectivity index is 1.92. The van der Waals surface area contributed by atoms with Crippen LogP contribution in [0.1, 0.15) is 26.7 Å². The van der Waals surface area contributed by atoms with Gasteiger partial charge in [-0.05, 0) is 37.0 Å². The minimum absolute atomic E-state index is 0.117. The highest BCUT2D eigenvalue weighted by Crippen LogP contribution is 2.26. The van der Waals surface area contributed by atoms with Crippen LogP contribution in [0, 0.1) is 5.92 Å². The van der Waals surface area contributed by atoms with Crippen LogP contribution in [0.4, 0.5) is 10.5 Å². The molecule has 0 unspecified atom stereocenters. The number of nitrogens with one attached hydrogen (secondary N) is 1. The molecule has 0 aliphatic carbocycles. The number of carbonyl (C=O) groups is 1. The van der Waals surface area contributed by atoms with Crippen molar-refractivity contribution in [3.05, 3.63) is 28.2 Å². The van der Waals surface area contributed by atoms with Gasteiger partial charge in [-0.25, -0.2) is 13.2 Å². The van der Waals surface area contributed by atoms with Crippen molar-refractivity contribution in [3.8, 4) is 0 Å². The van der Waals surface area contributed by atoms with Crippen molar-refractivity contribution in [2.45, 2.75) is 31.9 Å². The molecule has 24 heavy (non-hydrogen) atoms. The number of anilines is 1. The molecular weight excluding hydrogens is 371 g/mol.